The Hall–Kier alpha value is -1.47. The molecule has 0 saturated heterocycles. The summed E-state index contributed by atoms with van der Waals surface area (Å²) >= 11 is 1.79. The van der Waals surface area contributed by atoms with Gasteiger partial charge in [0.1, 0.15) is 11.5 Å². The third kappa shape index (κ3) is 4.90. The van der Waals surface area contributed by atoms with Crippen molar-refractivity contribution in [3.8, 4) is 0 Å². The van der Waals surface area contributed by atoms with E-state index in [-0.39, 0.29) is 5.91 Å². The summed E-state index contributed by atoms with van der Waals surface area (Å²) in [6.07, 6.45) is 0. The third-order valence-electron chi connectivity index (χ3n) is 2.62. The van der Waals surface area contributed by atoms with Crippen LogP contribution in [0.25, 0.3) is 0 Å². The van der Waals surface area contributed by atoms with E-state index in [4.69, 9.17) is 4.42 Å². The minimum Gasteiger partial charge on any atom is -0.464 e. The number of hydrogen-bond donors (Lipinski definition) is 2. The summed E-state index contributed by atoms with van der Waals surface area (Å²) in [7, 11) is 4.04. The molecule has 0 radical (unpaired) electrons. The Labute approximate surface area is 123 Å². The monoisotopic (exact) mass is 296 g/mol. The first kappa shape index (κ1) is 14.9. The van der Waals surface area contributed by atoms with Gasteiger partial charge in [0.15, 0.2) is 5.96 Å². The molecule has 2 N–H and O–H groups in total. The second-order valence-corrected chi connectivity index (χ2v) is 5.90. The Balaban J connectivity index is 1.60. The lowest BCUT2D eigenvalue weighted by Crippen LogP contribution is -2.35. The number of guanidine groups is 1. The van der Waals surface area contributed by atoms with Gasteiger partial charge in [0.2, 0.25) is 0 Å². The third-order valence-corrected chi connectivity index (χ3v) is 3.60. The first-order valence-corrected chi connectivity index (χ1v) is 7.68. The van der Waals surface area contributed by atoms with E-state index in [0.717, 1.165) is 36.1 Å². The van der Waals surface area contributed by atoms with E-state index in [1.54, 1.807) is 11.8 Å². The molecule has 0 atom stereocenters. The highest BCUT2D eigenvalue weighted by molar-refractivity contribution is 7.98. The van der Waals surface area contributed by atoms with Gasteiger partial charge in [-0.05, 0) is 26.2 Å². The number of amides is 1. The Morgan fingerprint density at radius 1 is 1.45 bits per heavy atom. The smallest absolute Gasteiger partial charge is 0.268 e. The summed E-state index contributed by atoms with van der Waals surface area (Å²) in [6.45, 7) is 1.90. The summed E-state index contributed by atoms with van der Waals surface area (Å²) in [6, 6.07) is 4.05. The molecule has 1 aliphatic rings. The van der Waals surface area contributed by atoms with Gasteiger partial charge in [-0.3, -0.25) is 4.79 Å². The Morgan fingerprint density at radius 3 is 2.95 bits per heavy atom. The number of nitrogens with one attached hydrogen (secondary N) is 2. The second-order valence-electron chi connectivity index (χ2n) is 4.79. The molecular weight excluding hydrogens is 276 g/mol. The largest absolute Gasteiger partial charge is 0.464 e. The maximum absolute atomic E-state index is 10.9. The molecule has 110 valence electrons. The van der Waals surface area contributed by atoms with Crippen LogP contribution in [0.3, 0.4) is 0 Å². The molecular formula is C13H20N4O2S. The van der Waals surface area contributed by atoms with Gasteiger partial charge in [-0.1, -0.05) is 0 Å². The SMILES string of the molecule is CN(C)Cc1ccc(CSCCNC2=NC(=O)CN2)o1. The van der Waals surface area contributed by atoms with E-state index >= 15 is 0 Å². The molecule has 20 heavy (non-hydrogen) atoms. The lowest BCUT2D eigenvalue weighted by atomic mass is 10.4. The predicted molar refractivity (Wildman–Crippen MR) is 80.7 cm³/mol. The molecule has 0 bridgehead atoms. The Kier molecular flexibility index (Phi) is 5.49. The number of thioether (sulfide) groups is 1. The second kappa shape index (κ2) is 7.35. The molecule has 2 rings (SSSR count). The van der Waals surface area contributed by atoms with Crippen molar-refractivity contribution in [1.29, 1.82) is 0 Å². The van der Waals surface area contributed by atoms with Crippen LogP contribution in [0.5, 0.6) is 0 Å². The number of aliphatic imine (C=N–C) groups is 1. The fourth-order valence-corrected chi connectivity index (χ4v) is 2.52. The van der Waals surface area contributed by atoms with Crippen molar-refractivity contribution in [3.05, 3.63) is 23.7 Å². The number of rotatable bonds is 7. The topological polar surface area (TPSA) is 69.9 Å². The van der Waals surface area contributed by atoms with Gasteiger partial charge in [-0.25, -0.2) is 0 Å². The van der Waals surface area contributed by atoms with E-state index in [2.05, 4.69) is 20.5 Å². The highest BCUT2D eigenvalue weighted by atomic mass is 32.2. The van der Waals surface area contributed by atoms with Gasteiger partial charge in [-0.2, -0.15) is 16.8 Å². The maximum Gasteiger partial charge on any atom is 0.268 e. The zero-order valence-electron chi connectivity index (χ0n) is 11.8. The number of furan rings is 1. The molecule has 7 heteroatoms. The van der Waals surface area contributed by atoms with Crippen LogP contribution >= 0.6 is 11.8 Å². The number of carbonyl (C=O) groups is 1. The van der Waals surface area contributed by atoms with E-state index in [9.17, 15) is 4.79 Å². The van der Waals surface area contributed by atoms with Gasteiger partial charge in [-0.15, -0.1) is 0 Å². The lowest BCUT2D eigenvalue weighted by molar-refractivity contribution is -0.116. The summed E-state index contributed by atoms with van der Waals surface area (Å²) in [5.74, 6) is 4.24. The molecule has 0 fully saturated rings. The minimum absolute atomic E-state index is 0.121. The van der Waals surface area contributed by atoms with Crippen LogP contribution in [0.15, 0.2) is 21.5 Å². The zero-order chi connectivity index (χ0) is 14.4. The Morgan fingerprint density at radius 2 is 2.25 bits per heavy atom. The first-order valence-electron chi connectivity index (χ1n) is 6.53. The van der Waals surface area contributed by atoms with Crippen LogP contribution < -0.4 is 10.6 Å². The van der Waals surface area contributed by atoms with E-state index in [1.165, 1.54) is 0 Å². The summed E-state index contributed by atoms with van der Waals surface area (Å²) in [4.78, 5) is 16.8. The standard InChI is InChI=1S/C13H20N4O2S/c1-17(2)8-10-3-4-11(19-10)9-20-6-5-14-13-15-7-12(18)16-13/h3-4H,5-9H2,1-2H3,(H2,14,15,16,18). The molecule has 0 aromatic carbocycles. The van der Waals surface area contributed by atoms with Crippen LogP contribution in [0.4, 0.5) is 0 Å². The normalized spacial score (nSPS) is 14.6. The maximum atomic E-state index is 10.9. The zero-order valence-corrected chi connectivity index (χ0v) is 12.6. The number of nitrogens with zero attached hydrogens (tertiary/aromatic N) is 2. The molecule has 1 aromatic rings. The predicted octanol–water partition coefficient (Wildman–Crippen LogP) is 0.650. The highest BCUT2D eigenvalue weighted by Gasteiger charge is 2.11. The van der Waals surface area contributed by atoms with E-state index < -0.39 is 0 Å². The van der Waals surface area contributed by atoms with Crippen molar-refractivity contribution in [1.82, 2.24) is 15.5 Å². The number of hydrogen-bond acceptors (Lipinski definition) is 6. The highest BCUT2D eigenvalue weighted by Crippen LogP contribution is 2.15. The van der Waals surface area contributed by atoms with Gasteiger partial charge < -0.3 is 20.0 Å². The molecule has 6 nitrogen and oxygen atoms in total. The van der Waals surface area contributed by atoms with Crippen molar-refractivity contribution in [2.45, 2.75) is 12.3 Å². The quantitative estimate of drug-likeness (QED) is 0.720. The molecule has 0 spiro atoms. The van der Waals surface area contributed by atoms with Crippen molar-refractivity contribution < 1.29 is 9.21 Å². The first-order chi connectivity index (χ1) is 9.63. The summed E-state index contributed by atoms with van der Waals surface area (Å²) in [5.41, 5.74) is 0. The molecule has 0 saturated carbocycles. The van der Waals surface area contributed by atoms with Crippen LogP contribution in [-0.2, 0) is 17.1 Å². The molecule has 1 amide bonds. The molecule has 0 aliphatic carbocycles. The molecule has 1 aromatic heterocycles. The van der Waals surface area contributed by atoms with Gasteiger partial charge in [0, 0.05) is 12.3 Å². The molecule has 1 aliphatic heterocycles. The van der Waals surface area contributed by atoms with Crippen LogP contribution in [-0.4, -0.2) is 49.7 Å². The van der Waals surface area contributed by atoms with Gasteiger partial charge >= 0.3 is 0 Å². The van der Waals surface area contributed by atoms with Crippen molar-refractivity contribution in [2.24, 2.45) is 4.99 Å². The fourth-order valence-electron chi connectivity index (χ4n) is 1.78. The molecule has 2 heterocycles. The van der Waals surface area contributed by atoms with Crippen LogP contribution in [0.1, 0.15) is 11.5 Å². The number of carbonyl (C=O) groups excluding carboxylic acids is 1. The van der Waals surface area contributed by atoms with E-state index in [1.807, 2.05) is 26.2 Å². The van der Waals surface area contributed by atoms with Crippen LogP contribution in [0, 0.1) is 0 Å². The van der Waals surface area contributed by atoms with Crippen molar-refractivity contribution in [2.75, 3.05) is 32.9 Å². The summed E-state index contributed by atoms with van der Waals surface area (Å²) in [5, 5.41) is 5.98. The summed E-state index contributed by atoms with van der Waals surface area (Å²) < 4.78 is 5.72. The van der Waals surface area contributed by atoms with Crippen molar-refractivity contribution in [3.63, 3.8) is 0 Å². The van der Waals surface area contributed by atoms with Gasteiger partial charge in [0.25, 0.3) is 5.91 Å². The average molecular weight is 296 g/mol. The van der Waals surface area contributed by atoms with Crippen LogP contribution in [0.2, 0.25) is 0 Å². The Bertz CT molecular complexity index is 484. The van der Waals surface area contributed by atoms with Gasteiger partial charge in [0.05, 0.1) is 18.8 Å². The molecule has 0 unspecified atom stereocenters. The average Bonchev–Trinajstić information content (AvgIpc) is 2.98. The fraction of sp³-hybridized carbons (Fsp3) is 0.538. The minimum atomic E-state index is -0.121. The van der Waals surface area contributed by atoms with Crippen molar-refractivity contribution >= 4 is 23.6 Å². The lowest BCUT2D eigenvalue weighted by Gasteiger charge is -2.06. The van der Waals surface area contributed by atoms with E-state index in [0.29, 0.717) is 12.5 Å².